The average Bonchev–Trinajstić information content (AvgIpc) is 3.14. The van der Waals surface area contributed by atoms with Crippen molar-refractivity contribution in [2.24, 2.45) is 28.6 Å². The molecule has 0 unspecified atom stereocenters. The topological polar surface area (TPSA) is 182 Å². The maximum atomic E-state index is 17.3. The fourth-order valence-corrected chi connectivity index (χ4v) is 8.32. The molecule has 0 spiro atoms. The number of rotatable bonds is 12. The zero-order valence-corrected chi connectivity index (χ0v) is 24.8. The number of nitrogens with one attached hydrogen (secondary N) is 1. The van der Waals surface area contributed by atoms with Crippen molar-refractivity contribution in [2.45, 2.75) is 89.5 Å². The van der Waals surface area contributed by atoms with Gasteiger partial charge in [0.25, 0.3) is 5.09 Å². The molecule has 0 aliphatic heterocycles. The van der Waals surface area contributed by atoms with E-state index >= 15 is 4.39 Å². The monoisotopic (exact) mass is 608 g/mol. The Balaban J connectivity index is 1.36. The van der Waals surface area contributed by atoms with Gasteiger partial charge in [-0.15, -0.1) is 10.1 Å². The third kappa shape index (κ3) is 5.50. The Morgan fingerprint density at radius 2 is 1.93 bits per heavy atom. The minimum absolute atomic E-state index is 0.0646. The molecular formula is C30H41FN2O10. The number of Topliss-reactive ketones (excluding diaryl/α,β-unsaturated/α-hetero) is 1. The highest BCUT2D eigenvalue weighted by Gasteiger charge is 2.75. The lowest BCUT2D eigenvalue weighted by Crippen LogP contribution is -2.69. The first-order valence-electron chi connectivity index (χ1n) is 14.8. The van der Waals surface area contributed by atoms with E-state index in [0.717, 1.165) is 0 Å². The van der Waals surface area contributed by atoms with E-state index in [9.17, 15) is 39.5 Å². The number of amides is 1. The van der Waals surface area contributed by atoms with Crippen LogP contribution in [0.5, 0.6) is 0 Å². The summed E-state index contributed by atoms with van der Waals surface area (Å²) in [5.41, 5.74) is -5.85. The quantitative estimate of drug-likeness (QED) is 0.0977. The molecule has 0 saturated heterocycles. The smallest absolute Gasteiger partial charge is 0.325 e. The van der Waals surface area contributed by atoms with Crippen LogP contribution in [0, 0.1) is 38.7 Å². The van der Waals surface area contributed by atoms with Gasteiger partial charge in [-0.2, -0.15) is 0 Å². The molecule has 13 heteroatoms. The van der Waals surface area contributed by atoms with Crippen LogP contribution in [0.15, 0.2) is 23.8 Å². The lowest BCUT2D eigenvalue weighted by atomic mass is 9.45. The largest absolute Gasteiger partial charge is 0.456 e. The van der Waals surface area contributed by atoms with Crippen molar-refractivity contribution in [1.29, 1.82) is 0 Å². The van der Waals surface area contributed by atoms with Gasteiger partial charge in [-0.05, 0) is 56.9 Å². The molecule has 0 bridgehead atoms. The third-order valence-electron chi connectivity index (χ3n) is 10.6. The molecule has 4 aliphatic rings. The summed E-state index contributed by atoms with van der Waals surface area (Å²) in [6.45, 7) is 3.79. The number of ether oxygens (including phenoxy) is 1. The van der Waals surface area contributed by atoms with Gasteiger partial charge in [-0.25, -0.2) is 4.39 Å². The van der Waals surface area contributed by atoms with Crippen molar-refractivity contribution in [3.8, 4) is 0 Å². The summed E-state index contributed by atoms with van der Waals surface area (Å²) in [6.07, 6.45) is 5.19. The molecule has 0 aromatic carbocycles. The van der Waals surface area contributed by atoms with E-state index in [4.69, 9.17) is 4.74 Å². The van der Waals surface area contributed by atoms with E-state index in [1.54, 1.807) is 26.8 Å². The van der Waals surface area contributed by atoms with Gasteiger partial charge in [0.1, 0.15) is 12.1 Å². The molecule has 12 nitrogen and oxygen atoms in total. The van der Waals surface area contributed by atoms with Crippen molar-refractivity contribution in [2.75, 3.05) is 19.8 Å². The SMILES string of the molecule is C[C@H]1C[C@H]2[C@@H]3CC=C4CC(=O)C=C[C@]4(C)[C@@]3(F)[C@@H](O)C[C@]2(C)[C@@]1(O)C(=O)COC(=O)CNC(=O)CCCCCO[N+](=O)[O-]. The Kier molecular flexibility index (Phi) is 9.18. The van der Waals surface area contributed by atoms with Crippen molar-refractivity contribution in [1.82, 2.24) is 5.32 Å². The molecule has 238 valence electrons. The fraction of sp³-hybridized carbons (Fsp3) is 0.733. The Bertz CT molecular complexity index is 1240. The molecular weight excluding hydrogens is 567 g/mol. The van der Waals surface area contributed by atoms with E-state index in [1.165, 1.54) is 6.08 Å². The van der Waals surface area contributed by atoms with Gasteiger partial charge in [0.05, 0.1) is 12.7 Å². The number of aliphatic hydroxyl groups is 2. The highest BCUT2D eigenvalue weighted by molar-refractivity contribution is 5.94. The second-order valence-corrected chi connectivity index (χ2v) is 12.9. The van der Waals surface area contributed by atoms with Crippen LogP contribution in [0.1, 0.15) is 72.1 Å². The number of allylic oxidation sites excluding steroid dienone is 4. The average molecular weight is 609 g/mol. The summed E-state index contributed by atoms with van der Waals surface area (Å²) < 4.78 is 22.4. The molecule has 4 aliphatic carbocycles. The predicted molar refractivity (Wildman–Crippen MR) is 148 cm³/mol. The number of halogens is 1. The van der Waals surface area contributed by atoms with Gasteiger partial charge in [-0.1, -0.05) is 38.0 Å². The lowest BCUT2D eigenvalue weighted by molar-refractivity contribution is -0.757. The van der Waals surface area contributed by atoms with Crippen LogP contribution in [-0.4, -0.2) is 75.9 Å². The van der Waals surface area contributed by atoms with E-state index in [0.29, 0.717) is 31.3 Å². The maximum absolute atomic E-state index is 17.3. The number of hydrogen-bond donors (Lipinski definition) is 3. The summed E-state index contributed by atoms with van der Waals surface area (Å²) in [7, 11) is 0. The molecule has 0 aromatic heterocycles. The number of aliphatic hydroxyl groups excluding tert-OH is 1. The van der Waals surface area contributed by atoms with Crippen LogP contribution in [-0.2, 0) is 28.8 Å². The maximum Gasteiger partial charge on any atom is 0.325 e. The zero-order chi connectivity index (χ0) is 31.8. The van der Waals surface area contributed by atoms with Crippen LogP contribution in [0.4, 0.5) is 4.39 Å². The van der Waals surface area contributed by atoms with Crippen LogP contribution < -0.4 is 5.32 Å². The highest BCUT2D eigenvalue weighted by Crippen LogP contribution is 2.70. The molecule has 3 N–H and O–H groups in total. The number of carbonyl (C=O) groups excluding carboxylic acids is 4. The molecule has 4 rings (SSSR count). The van der Waals surface area contributed by atoms with E-state index < -0.39 is 81.9 Å². The molecule has 43 heavy (non-hydrogen) atoms. The van der Waals surface area contributed by atoms with E-state index in [1.807, 2.05) is 6.08 Å². The number of nitrogens with zero attached hydrogens (tertiary/aromatic N) is 1. The normalized spacial score (nSPS) is 37.8. The Hall–Kier alpha value is -3.19. The number of ketones is 2. The summed E-state index contributed by atoms with van der Waals surface area (Å²) in [5.74, 6) is -3.97. The van der Waals surface area contributed by atoms with E-state index in [-0.39, 0.29) is 38.1 Å². The molecule has 2 saturated carbocycles. The minimum Gasteiger partial charge on any atom is -0.456 e. The standard InChI is InChI=1S/C30H41FN2O10/c1-18-13-22-21-9-8-19-14-20(34)10-11-27(19,2)29(21,31)23(35)15-28(22,3)30(18,39)24(36)17-42-26(38)16-32-25(37)7-5-4-6-12-43-33(40)41/h8,10-11,18,21-23,35,39H,4-7,9,12-17H2,1-3H3,(H,32,37)/t18-,21-,22-,23-,27-,28-,29-,30-/m0/s1. The fourth-order valence-electron chi connectivity index (χ4n) is 8.32. The van der Waals surface area contributed by atoms with Gasteiger partial charge in [0.2, 0.25) is 11.7 Å². The summed E-state index contributed by atoms with van der Waals surface area (Å²) in [5, 5.41) is 35.0. The summed E-state index contributed by atoms with van der Waals surface area (Å²) in [6, 6.07) is 0. The number of carbonyl (C=O) groups is 4. The molecule has 0 radical (unpaired) electrons. The second-order valence-electron chi connectivity index (χ2n) is 12.9. The van der Waals surface area contributed by atoms with Gasteiger partial charge < -0.3 is 25.1 Å². The molecule has 8 atom stereocenters. The van der Waals surface area contributed by atoms with Crippen LogP contribution >= 0.6 is 0 Å². The number of alkyl halides is 1. The Morgan fingerprint density at radius 1 is 1.21 bits per heavy atom. The zero-order valence-electron chi connectivity index (χ0n) is 24.8. The van der Waals surface area contributed by atoms with Crippen molar-refractivity contribution in [3.05, 3.63) is 33.9 Å². The number of hydrogen-bond acceptors (Lipinski definition) is 10. The van der Waals surface area contributed by atoms with Gasteiger partial charge in [-0.3, -0.25) is 19.2 Å². The first kappa shape index (κ1) is 32.7. The minimum atomic E-state index is -2.10. The first-order chi connectivity index (χ1) is 20.1. The number of fused-ring (bicyclic) bond motifs is 5. The highest BCUT2D eigenvalue weighted by atomic mass is 19.1. The lowest BCUT2D eigenvalue weighted by Gasteiger charge is -2.62. The Labute approximate surface area is 249 Å². The molecule has 0 aromatic rings. The van der Waals surface area contributed by atoms with Crippen molar-refractivity contribution >= 4 is 23.4 Å². The molecule has 0 heterocycles. The summed E-state index contributed by atoms with van der Waals surface area (Å²) >= 11 is 0. The second kappa shape index (κ2) is 12.1. The number of esters is 1. The van der Waals surface area contributed by atoms with Crippen molar-refractivity contribution < 1.29 is 48.4 Å². The third-order valence-corrected chi connectivity index (χ3v) is 10.6. The Morgan fingerprint density at radius 3 is 2.63 bits per heavy atom. The van der Waals surface area contributed by atoms with Crippen molar-refractivity contribution in [3.63, 3.8) is 0 Å². The van der Waals surface area contributed by atoms with Crippen LogP contribution in [0.3, 0.4) is 0 Å². The number of unbranched alkanes of at least 4 members (excludes halogenated alkanes) is 2. The van der Waals surface area contributed by atoms with Crippen LogP contribution in [0.2, 0.25) is 0 Å². The summed E-state index contributed by atoms with van der Waals surface area (Å²) in [4.78, 5) is 64.2. The van der Waals surface area contributed by atoms with Crippen LogP contribution in [0.25, 0.3) is 0 Å². The molecule has 2 fully saturated rings. The molecule has 1 amide bonds. The van der Waals surface area contributed by atoms with Gasteiger partial charge >= 0.3 is 5.97 Å². The van der Waals surface area contributed by atoms with E-state index in [2.05, 4.69) is 10.2 Å². The van der Waals surface area contributed by atoms with Gasteiger partial charge in [0.15, 0.2) is 18.1 Å². The predicted octanol–water partition coefficient (Wildman–Crippen LogP) is 2.33. The van der Waals surface area contributed by atoms with Gasteiger partial charge in [0, 0.05) is 29.6 Å². The first-order valence-corrected chi connectivity index (χ1v) is 14.8.